The Morgan fingerprint density at radius 2 is 1.97 bits per heavy atom. The molecule has 202 valence electrons. The number of likely N-dealkylation sites (N-methyl/N-ethyl adjacent to an activating group) is 2. The van der Waals surface area contributed by atoms with E-state index in [0.717, 1.165) is 18.5 Å². The van der Waals surface area contributed by atoms with Crippen molar-refractivity contribution >= 4 is 50.5 Å². The number of nitrogens with one attached hydrogen (secondary N) is 2. The molecule has 0 radical (unpaired) electrons. The van der Waals surface area contributed by atoms with Gasteiger partial charge in [-0.05, 0) is 26.2 Å². The third-order valence-electron chi connectivity index (χ3n) is 5.58. The molecule has 3 rings (SSSR count). The predicted octanol–water partition coefficient (Wildman–Crippen LogP) is 2.03. The van der Waals surface area contributed by atoms with Crippen LogP contribution in [-0.4, -0.2) is 100 Å². The lowest BCUT2D eigenvalue weighted by atomic mass is 10.2. The fraction of sp³-hybridized carbons (Fsp3) is 0.435. The number of hydrogen-bond acceptors (Lipinski definition) is 10. The Kier molecular flexibility index (Phi) is 9.18. The Morgan fingerprint density at radius 1 is 1.27 bits per heavy atom. The van der Waals surface area contributed by atoms with Gasteiger partial charge in [-0.3, -0.25) is 4.79 Å². The lowest BCUT2D eigenvalue weighted by molar-refractivity contribution is -0.111. The molecular formula is C23H32ClN7O5S. The largest absolute Gasteiger partial charge is 0.494 e. The molecule has 0 saturated carbocycles. The minimum atomic E-state index is -3.27. The van der Waals surface area contributed by atoms with Crippen LogP contribution in [-0.2, 0) is 14.8 Å². The summed E-state index contributed by atoms with van der Waals surface area (Å²) in [5.41, 5.74) is 1.78. The van der Waals surface area contributed by atoms with Crippen LogP contribution < -0.4 is 25.0 Å². The van der Waals surface area contributed by atoms with Crippen LogP contribution in [0.5, 0.6) is 11.6 Å². The lowest BCUT2D eigenvalue weighted by Crippen LogP contribution is -2.55. The van der Waals surface area contributed by atoms with Crippen LogP contribution in [0, 0.1) is 0 Å². The van der Waals surface area contributed by atoms with Crippen molar-refractivity contribution in [2.45, 2.75) is 6.10 Å². The Morgan fingerprint density at radius 3 is 2.57 bits per heavy atom. The van der Waals surface area contributed by atoms with Crippen molar-refractivity contribution in [3.8, 4) is 11.6 Å². The number of halogens is 1. The van der Waals surface area contributed by atoms with E-state index < -0.39 is 10.0 Å². The maximum absolute atomic E-state index is 12.1. The predicted molar refractivity (Wildman–Crippen MR) is 145 cm³/mol. The van der Waals surface area contributed by atoms with Crippen LogP contribution >= 0.6 is 11.6 Å². The van der Waals surface area contributed by atoms with Crippen molar-refractivity contribution in [3.63, 3.8) is 0 Å². The number of ether oxygens (including phenoxy) is 2. The molecule has 1 aromatic carbocycles. The number of anilines is 4. The molecule has 1 aromatic heterocycles. The molecule has 1 amide bonds. The van der Waals surface area contributed by atoms with Gasteiger partial charge in [-0.1, -0.05) is 18.2 Å². The molecule has 0 unspecified atom stereocenters. The van der Waals surface area contributed by atoms with Crippen molar-refractivity contribution in [1.29, 1.82) is 0 Å². The Bertz CT molecular complexity index is 1250. The van der Waals surface area contributed by atoms with Crippen molar-refractivity contribution in [2.24, 2.45) is 0 Å². The molecule has 0 aliphatic carbocycles. The van der Waals surface area contributed by atoms with Gasteiger partial charge in [0.05, 0.1) is 49.7 Å². The first kappa shape index (κ1) is 28.4. The second-order valence-corrected chi connectivity index (χ2v) is 11.2. The van der Waals surface area contributed by atoms with Gasteiger partial charge in [-0.25, -0.2) is 13.4 Å². The van der Waals surface area contributed by atoms with Crippen LogP contribution in [0.15, 0.2) is 31.0 Å². The zero-order valence-corrected chi connectivity index (χ0v) is 23.1. The SMILES string of the molecule is C=CC(=O)Nc1cc(Nc2ncc(Cl)c(OC3CN(S(C)(=O)=O)C3)n2)c(OC)cc1N(C)CCN(C)C. The maximum Gasteiger partial charge on any atom is 0.247 e. The topological polar surface area (TPSA) is 129 Å². The van der Waals surface area contributed by atoms with Crippen molar-refractivity contribution < 1.29 is 22.7 Å². The zero-order chi connectivity index (χ0) is 27.3. The number of amides is 1. The molecular weight excluding hydrogens is 522 g/mol. The number of methoxy groups -OCH3 is 1. The summed E-state index contributed by atoms with van der Waals surface area (Å²) < 4.78 is 35.9. The van der Waals surface area contributed by atoms with Crippen molar-refractivity contribution in [1.82, 2.24) is 19.2 Å². The maximum atomic E-state index is 12.1. The van der Waals surface area contributed by atoms with Gasteiger partial charge in [0.25, 0.3) is 0 Å². The van der Waals surface area contributed by atoms with Crippen molar-refractivity contribution in [2.75, 3.05) is 76.2 Å². The molecule has 2 N–H and O–H groups in total. The van der Waals surface area contributed by atoms with E-state index >= 15 is 0 Å². The number of hydrogen-bond donors (Lipinski definition) is 2. The average Bonchev–Trinajstić information content (AvgIpc) is 2.80. The molecule has 0 atom stereocenters. The molecule has 1 fully saturated rings. The minimum absolute atomic E-state index is 0.122. The molecule has 12 nitrogen and oxygen atoms in total. The number of aromatic nitrogens is 2. The molecule has 1 aliphatic rings. The molecule has 1 aliphatic heterocycles. The summed E-state index contributed by atoms with van der Waals surface area (Å²) >= 11 is 6.22. The van der Waals surface area contributed by atoms with E-state index in [1.807, 2.05) is 26.0 Å². The van der Waals surface area contributed by atoms with E-state index in [0.29, 0.717) is 23.7 Å². The smallest absolute Gasteiger partial charge is 0.247 e. The van der Waals surface area contributed by atoms with Gasteiger partial charge in [-0.2, -0.15) is 9.29 Å². The van der Waals surface area contributed by atoms with Crippen LogP contribution in [0.2, 0.25) is 5.02 Å². The first-order chi connectivity index (χ1) is 17.4. The van der Waals surface area contributed by atoms with Gasteiger partial charge in [0.15, 0.2) is 0 Å². The normalized spacial score (nSPS) is 14.1. The summed E-state index contributed by atoms with van der Waals surface area (Å²) in [4.78, 5) is 24.8. The molecule has 2 aromatic rings. The summed E-state index contributed by atoms with van der Waals surface area (Å²) in [7, 11) is 4.16. The van der Waals surface area contributed by atoms with Gasteiger partial charge in [0.1, 0.15) is 16.9 Å². The fourth-order valence-electron chi connectivity index (χ4n) is 3.42. The van der Waals surface area contributed by atoms with Crippen LogP contribution in [0.1, 0.15) is 0 Å². The van der Waals surface area contributed by atoms with Crippen LogP contribution in [0.25, 0.3) is 0 Å². The first-order valence-corrected chi connectivity index (χ1v) is 13.6. The summed E-state index contributed by atoms with van der Waals surface area (Å²) in [6, 6.07) is 3.52. The zero-order valence-electron chi connectivity index (χ0n) is 21.5. The van der Waals surface area contributed by atoms with E-state index in [-0.39, 0.29) is 42.0 Å². The second-order valence-electron chi connectivity index (χ2n) is 8.78. The standard InChI is InChI=1S/C23H32ClN7O5S/c1-7-21(32)26-17-10-18(20(35-5)11-19(17)30(4)9-8-29(2)3)27-23-25-12-16(24)22(28-23)36-15-13-31(14-15)37(6,33)34/h7,10-12,15H,1,8-9,13-14H2,2-6H3,(H,26,32)(H,25,27,28). The Hall–Kier alpha value is -3.13. The molecule has 0 spiro atoms. The first-order valence-electron chi connectivity index (χ1n) is 11.3. The highest BCUT2D eigenvalue weighted by Crippen LogP contribution is 2.38. The monoisotopic (exact) mass is 553 g/mol. The molecule has 1 saturated heterocycles. The number of rotatable bonds is 12. The number of carbonyl (C=O) groups is 1. The quantitative estimate of drug-likeness (QED) is 0.376. The highest BCUT2D eigenvalue weighted by molar-refractivity contribution is 7.88. The number of carbonyl (C=O) groups excluding carboxylic acids is 1. The Balaban J connectivity index is 1.86. The fourth-order valence-corrected chi connectivity index (χ4v) is 4.43. The summed E-state index contributed by atoms with van der Waals surface area (Å²) in [5, 5.41) is 6.11. The van der Waals surface area contributed by atoms with Gasteiger partial charge in [0.2, 0.25) is 27.8 Å². The van der Waals surface area contributed by atoms with E-state index in [1.165, 1.54) is 23.7 Å². The van der Waals surface area contributed by atoms with E-state index in [9.17, 15) is 13.2 Å². The Labute approximate surface area is 222 Å². The van der Waals surface area contributed by atoms with Gasteiger partial charge >= 0.3 is 0 Å². The van der Waals surface area contributed by atoms with E-state index in [2.05, 4.69) is 32.1 Å². The summed E-state index contributed by atoms with van der Waals surface area (Å²) in [6.45, 7) is 5.47. The highest BCUT2D eigenvalue weighted by atomic mass is 35.5. The van der Waals surface area contributed by atoms with Gasteiger partial charge in [0, 0.05) is 26.2 Å². The molecule has 37 heavy (non-hydrogen) atoms. The van der Waals surface area contributed by atoms with Gasteiger partial charge in [-0.15, -0.1) is 0 Å². The molecule has 14 heteroatoms. The third-order valence-corrected chi connectivity index (χ3v) is 7.07. The third kappa shape index (κ3) is 7.44. The number of nitrogens with zero attached hydrogens (tertiary/aromatic N) is 5. The summed E-state index contributed by atoms with van der Waals surface area (Å²) in [5.74, 6) is 0.427. The van der Waals surface area contributed by atoms with E-state index in [4.69, 9.17) is 21.1 Å². The molecule has 0 bridgehead atoms. The average molecular weight is 554 g/mol. The molecule has 2 heterocycles. The second kappa shape index (κ2) is 11.9. The summed E-state index contributed by atoms with van der Waals surface area (Å²) in [6.07, 6.45) is 3.35. The highest BCUT2D eigenvalue weighted by Gasteiger charge is 2.35. The van der Waals surface area contributed by atoms with E-state index in [1.54, 1.807) is 12.1 Å². The number of sulfonamides is 1. The minimum Gasteiger partial charge on any atom is -0.494 e. The van der Waals surface area contributed by atoms with Gasteiger partial charge < -0.3 is 29.9 Å². The van der Waals surface area contributed by atoms with Crippen molar-refractivity contribution in [3.05, 3.63) is 36.0 Å². The van der Waals surface area contributed by atoms with Crippen LogP contribution in [0.3, 0.4) is 0 Å². The van der Waals surface area contributed by atoms with Crippen LogP contribution in [0.4, 0.5) is 23.0 Å². The lowest BCUT2D eigenvalue weighted by Gasteiger charge is -2.36. The number of benzene rings is 1.